The van der Waals surface area contributed by atoms with E-state index in [1.165, 1.54) is 11.1 Å². The molecule has 2 aromatic rings. The molecular formula is C24H32N2O3. The van der Waals surface area contributed by atoms with Gasteiger partial charge in [0.1, 0.15) is 0 Å². The van der Waals surface area contributed by atoms with Crippen molar-refractivity contribution in [2.24, 2.45) is 5.92 Å². The highest BCUT2D eigenvalue weighted by atomic mass is 16.5. The van der Waals surface area contributed by atoms with Gasteiger partial charge in [0.2, 0.25) is 0 Å². The first-order valence-electron chi connectivity index (χ1n) is 10.4. The Labute approximate surface area is 173 Å². The van der Waals surface area contributed by atoms with Gasteiger partial charge < -0.3 is 9.84 Å². The van der Waals surface area contributed by atoms with Crippen molar-refractivity contribution in [2.75, 3.05) is 46.4 Å². The number of carbonyl (C=O) groups is 1. The number of carboxylic acid groups (broad SMARTS) is 1. The maximum Gasteiger partial charge on any atom is 0.317 e. The van der Waals surface area contributed by atoms with Crippen LogP contribution in [0.15, 0.2) is 60.7 Å². The topological polar surface area (TPSA) is 53.0 Å². The van der Waals surface area contributed by atoms with Crippen molar-refractivity contribution in [3.05, 3.63) is 71.8 Å². The van der Waals surface area contributed by atoms with Gasteiger partial charge in [-0.05, 0) is 36.9 Å². The molecule has 0 saturated carbocycles. The van der Waals surface area contributed by atoms with Gasteiger partial charge in [-0.2, -0.15) is 0 Å². The van der Waals surface area contributed by atoms with Crippen molar-refractivity contribution >= 4 is 5.97 Å². The lowest BCUT2D eigenvalue weighted by Crippen LogP contribution is -2.49. The van der Waals surface area contributed by atoms with E-state index in [0.717, 1.165) is 32.5 Å². The minimum atomic E-state index is -0.800. The number of carboxylic acids is 1. The van der Waals surface area contributed by atoms with Crippen LogP contribution in [0, 0.1) is 5.92 Å². The van der Waals surface area contributed by atoms with E-state index >= 15 is 0 Å². The molecule has 2 aromatic carbocycles. The minimum Gasteiger partial charge on any atom is -0.480 e. The summed E-state index contributed by atoms with van der Waals surface area (Å²) in [5.74, 6) is -0.277. The molecule has 5 heteroatoms. The highest BCUT2D eigenvalue weighted by Gasteiger charge is 2.24. The lowest BCUT2D eigenvalue weighted by atomic mass is 9.92. The number of ether oxygens (including phenoxy) is 1. The Bertz CT molecular complexity index is 697. The Hall–Kier alpha value is -2.21. The van der Waals surface area contributed by atoms with Crippen LogP contribution in [0.4, 0.5) is 0 Å². The molecule has 1 saturated heterocycles. The Morgan fingerprint density at radius 2 is 1.69 bits per heavy atom. The van der Waals surface area contributed by atoms with E-state index in [1.807, 2.05) is 11.9 Å². The molecule has 1 aliphatic heterocycles. The Kier molecular flexibility index (Phi) is 8.23. The van der Waals surface area contributed by atoms with Gasteiger partial charge in [0, 0.05) is 26.2 Å². The van der Waals surface area contributed by atoms with Crippen LogP contribution in [-0.4, -0.2) is 73.4 Å². The third kappa shape index (κ3) is 7.61. The Morgan fingerprint density at radius 1 is 1.10 bits per heavy atom. The second kappa shape index (κ2) is 11.1. The number of aliphatic carboxylic acids is 1. The molecule has 1 N–H and O–H groups in total. The van der Waals surface area contributed by atoms with E-state index in [4.69, 9.17) is 9.84 Å². The normalized spacial score (nSPS) is 17.7. The Morgan fingerprint density at radius 3 is 2.24 bits per heavy atom. The molecule has 0 aromatic heterocycles. The Balaban J connectivity index is 1.60. The quantitative estimate of drug-likeness (QED) is 0.669. The standard InChI is InChI=1S/C24H32N2O3/c1-25(19-24(27)28)17-23-18-26(12-13-29-23)16-22(14-20-8-4-2-5-9-20)15-21-10-6-3-7-11-21/h2-11,22-23H,12-19H2,1H3,(H,27,28). The van der Waals surface area contributed by atoms with Crippen LogP contribution in [0.3, 0.4) is 0 Å². The van der Waals surface area contributed by atoms with E-state index in [0.29, 0.717) is 19.1 Å². The molecule has 0 spiro atoms. The number of rotatable bonds is 10. The first kappa shape index (κ1) is 21.5. The van der Waals surface area contributed by atoms with Crippen LogP contribution in [0.5, 0.6) is 0 Å². The zero-order valence-corrected chi connectivity index (χ0v) is 17.2. The zero-order valence-electron chi connectivity index (χ0n) is 17.2. The average Bonchev–Trinajstić information content (AvgIpc) is 2.69. The second-order valence-electron chi connectivity index (χ2n) is 8.09. The van der Waals surface area contributed by atoms with Crippen LogP contribution >= 0.6 is 0 Å². The minimum absolute atomic E-state index is 0.0461. The molecule has 3 rings (SSSR count). The van der Waals surface area contributed by atoms with Crippen LogP contribution < -0.4 is 0 Å². The predicted octanol–water partition coefficient (Wildman–Crippen LogP) is 2.81. The zero-order chi connectivity index (χ0) is 20.5. The number of hydrogen-bond donors (Lipinski definition) is 1. The van der Waals surface area contributed by atoms with Gasteiger partial charge in [-0.1, -0.05) is 60.7 Å². The van der Waals surface area contributed by atoms with E-state index < -0.39 is 5.97 Å². The molecule has 1 atom stereocenters. The maximum atomic E-state index is 10.9. The highest BCUT2D eigenvalue weighted by molar-refractivity contribution is 5.69. The first-order valence-corrected chi connectivity index (χ1v) is 10.4. The summed E-state index contributed by atoms with van der Waals surface area (Å²) in [7, 11) is 1.84. The van der Waals surface area contributed by atoms with Crippen molar-refractivity contribution < 1.29 is 14.6 Å². The van der Waals surface area contributed by atoms with Gasteiger partial charge in [-0.25, -0.2) is 0 Å². The largest absolute Gasteiger partial charge is 0.480 e. The van der Waals surface area contributed by atoms with Gasteiger partial charge in [0.25, 0.3) is 0 Å². The van der Waals surface area contributed by atoms with Gasteiger partial charge in [0.05, 0.1) is 19.3 Å². The van der Waals surface area contributed by atoms with Crippen LogP contribution in [0.2, 0.25) is 0 Å². The lowest BCUT2D eigenvalue weighted by molar-refractivity contribution is -0.138. The lowest BCUT2D eigenvalue weighted by Gasteiger charge is -2.36. The summed E-state index contributed by atoms with van der Waals surface area (Å²) in [6.45, 7) is 4.19. The summed E-state index contributed by atoms with van der Waals surface area (Å²) in [5, 5.41) is 8.97. The summed E-state index contributed by atoms with van der Waals surface area (Å²) >= 11 is 0. The molecule has 0 aliphatic carbocycles. The molecule has 1 aliphatic rings. The first-order chi connectivity index (χ1) is 14.1. The predicted molar refractivity (Wildman–Crippen MR) is 115 cm³/mol. The van der Waals surface area contributed by atoms with Gasteiger partial charge in [-0.15, -0.1) is 0 Å². The molecule has 156 valence electrons. The van der Waals surface area contributed by atoms with Crippen LogP contribution in [0.1, 0.15) is 11.1 Å². The third-order valence-corrected chi connectivity index (χ3v) is 5.39. The number of benzene rings is 2. The number of morpholine rings is 1. The molecule has 1 fully saturated rings. The fraction of sp³-hybridized carbons (Fsp3) is 0.458. The van der Waals surface area contributed by atoms with Crippen molar-refractivity contribution in [1.29, 1.82) is 0 Å². The SMILES string of the molecule is CN(CC(=O)O)CC1CN(CC(Cc2ccccc2)Cc2ccccc2)CCO1. The van der Waals surface area contributed by atoms with Gasteiger partial charge in [0.15, 0.2) is 0 Å². The summed E-state index contributed by atoms with van der Waals surface area (Å²) in [5.41, 5.74) is 2.75. The fourth-order valence-electron chi connectivity index (χ4n) is 4.16. The summed E-state index contributed by atoms with van der Waals surface area (Å²) in [6, 6.07) is 21.4. The monoisotopic (exact) mass is 396 g/mol. The third-order valence-electron chi connectivity index (χ3n) is 5.39. The molecule has 29 heavy (non-hydrogen) atoms. The van der Waals surface area contributed by atoms with Crippen molar-refractivity contribution in [3.63, 3.8) is 0 Å². The van der Waals surface area contributed by atoms with Crippen molar-refractivity contribution in [3.8, 4) is 0 Å². The maximum absolute atomic E-state index is 10.9. The smallest absolute Gasteiger partial charge is 0.317 e. The molecule has 0 amide bonds. The molecule has 0 radical (unpaired) electrons. The number of hydrogen-bond acceptors (Lipinski definition) is 4. The van der Waals surface area contributed by atoms with Crippen LogP contribution in [-0.2, 0) is 22.4 Å². The van der Waals surface area contributed by atoms with E-state index in [9.17, 15) is 4.79 Å². The molecule has 1 unspecified atom stereocenters. The second-order valence-corrected chi connectivity index (χ2v) is 8.09. The molecular weight excluding hydrogens is 364 g/mol. The molecule has 0 bridgehead atoms. The molecule has 5 nitrogen and oxygen atoms in total. The number of likely N-dealkylation sites (N-methyl/N-ethyl adjacent to an activating group) is 1. The fourth-order valence-corrected chi connectivity index (χ4v) is 4.16. The summed E-state index contributed by atoms with van der Waals surface area (Å²) < 4.78 is 5.90. The van der Waals surface area contributed by atoms with Gasteiger partial charge >= 0.3 is 5.97 Å². The summed E-state index contributed by atoms with van der Waals surface area (Å²) in [6.07, 6.45) is 2.16. The van der Waals surface area contributed by atoms with E-state index in [1.54, 1.807) is 0 Å². The van der Waals surface area contributed by atoms with Crippen molar-refractivity contribution in [2.45, 2.75) is 18.9 Å². The number of nitrogens with zero attached hydrogens (tertiary/aromatic N) is 2. The van der Waals surface area contributed by atoms with Crippen LogP contribution in [0.25, 0.3) is 0 Å². The van der Waals surface area contributed by atoms with Crippen molar-refractivity contribution in [1.82, 2.24) is 9.80 Å². The summed E-state index contributed by atoms with van der Waals surface area (Å²) in [4.78, 5) is 15.2. The van der Waals surface area contributed by atoms with E-state index in [2.05, 4.69) is 65.6 Å². The van der Waals surface area contributed by atoms with Gasteiger partial charge in [-0.3, -0.25) is 14.6 Å². The highest BCUT2D eigenvalue weighted by Crippen LogP contribution is 2.18. The molecule has 1 heterocycles. The average molecular weight is 397 g/mol. The van der Waals surface area contributed by atoms with E-state index in [-0.39, 0.29) is 12.6 Å².